The van der Waals surface area contributed by atoms with E-state index in [0.717, 1.165) is 36.4 Å². The molecule has 1 atom stereocenters. The van der Waals surface area contributed by atoms with Gasteiger partial charge in [-0.15, -0.1) is 11.3 Å². The molecule has 1 aromatic heterocycles. The van der Waals surface area contributed by atoms with Gasteiger partial charge >= 0.3 is 6.03 Å². The van der Waals surface area contributed by atoms with Crippen LogP contribution in [0.3, 0.4) is 0 Å². The first-order valence-corrected chi connectivity index (χ1v) is 10.6. The van der Waals surface area contributed by atoms with Crippen molar-refractivity contribution in [2.75, 3.05) is 19.6 Å². The first-order valence-electron chi connectivity index (χ1n) is 9.70. The van der Waals surface area contributed by atoms with Crippen LogP contribution in [0.25, 0.3) is 0 Å². The second-order valence-electron chi connectivity index (χ2n) is 7.52. The number of hydrogen-bond acceptors (Lipinski definition) is 4. The van der Waals surface area contributed by atoms with Crippen LogP contribution in [0.4, 0.5) is 9.18 Å². The summed E-state index contributed by atoms with van der Waals surface area (Å²) in [7, 11) is 0. The number of imide groups is 1. The topological polar surface area (TPSA) is 61.4 Å². The molecule has 148 valence electrons. The van der Waals surface area contributed by atoms with Crippen LogP contribution in [0.15, 0.2) is 41.8 Å². The fraction of sp³-hybridized carbons (Fsp3) is 0.429. The molecule has 2 aliphatic heterocycles. The summed E-state index contributed by atoms with van der Waals surface area (Å²) in [5.41, 5.74) is -0.0967. The van der Waals surface area contributed by atoms with E-state index in [1.807, 2.05) is 17.5 Å². The zero-order chi connectivity index (χ0) is 19.6. The Kier molecular flexibility index (Phi) is 5.46. The molecule has 0 spiro atoms. The summed E-state index contributed by atoms with van der Waals surface area (Å²) < 4.78 is 13.3. The smallest absolute Gasteiger partial charge is 0.322 e. The lowest BCUT2D eigenvalue weighted by Gasteiger charge is -2.38. The van der Waals surface area contributed by atoms with E-state index in [1.165, 1.54) is 17.0 Å². The van der Waals surface area contributed by atoms with Crippen molar-refractivity contribution >= 4 is 23.3 Å². The lowest BCUT2D eigenvalue weighted by atomic mass is 9.74. The normalized spacial score (nSPS) is 23.2. The average Bonchev–Trinajstić information content (AvgIpc) is 3.30. The third-order valence-electron chi connectivity index (χ3n) is 5.80. The highest BCUT2D eigenvalue weighted by Gasteiger charge is 2.55. The Balaban J connectivity index is 1.59. The van der Waals surface area contributed by atoms with Crippen LogP contribution < -0.4 is 10.6 Å². The van der Waals surface area contributed by atoms with E-state index >= 15 is 0 Å². The van der Waals surface area contributed by atoms with E-state index in [4.69, 9.17) is 0 Å². The molecular weight excluding hydrogens is 377 g/mol. The Bertz CT molecular complexity index is 834. The number of carbonyl (C=O) groups is 2. The minimum absolute atomic E-state index is 0.0574. The summed E-state index contributed by atoms with van der Waals surface area (Å²) in [4.78, 5) is 28.8. The number of nitrogens with zero attached hydrogens (tertiary/aromatic N) is 1. The van der Waals surface area contributed by atoms with E-state index in [2.05, 4.69) is 10.6 Å². The van der Waals surface area contributed by atoms with E-state index in [1.54, 1.807) is 23.5 Å². The van der Waals surface area contributed by atoms with Crippen LogP contribution >= 0.6 is 11.3 Å². The molecule has 7 heteroatoms. The molecule has 2 saturated heterocycles. The molecule has 0 bridgehead atoms. The van der Waals surface area contributed by atoms with Gasteiger partial charge in [-0.05, 0) is 67.4 Å². The molecule has 2 fully saturated rings. The molecule has 0 unspecified atom stereocenters. The third kappa shape index (κ3) is 3.69. The van der Waals surface area contributed by atoms with Crippen molar-refractivity contribution in [1.29, 1.82) is 0 Å². The Labute approximate surface area is 167 Å². The van der Waals surface area contributed by atoms with Crippen molar-refractivity contribution in [3.05, 3.63) is 58.0 Å². The largest absolute Gasteiger partial charge is 0.325 e. The average molecular weight is 402 g/mol. The molecule has 2 aliphatic rings. The fourth-order valence-corrected chi connectivity index (χ4v) is 5.00. The molecule has 28 heavy (non-hydrogen) atoms. The lowest BCUT2D eigenvalue weighted by molar-refractivity contribution is -0.133. The summed E-state index contributed by atoms with van der Waals surface area (Å²) in [6.07, 6.45) is 2.70. The van der Waals surface area contributed by atoms with Crippen molar-refractivity contribution in [3.8, 4) is 0 Å². The molecule has 3 heterocycles. The van der Waals surface area contributed by atoms with Crippen molar-refractivity contribution < 1.29 is 14.0 Å². The van der Waals surface area contributed by atoms with Gasteiger partial charge in [0.05, 0.1) is 0 Å². The van der Waals surface area contributed by atoms with Crippen LogP contribution in [0.2, 0.25) is 0 Å². The fourth-order valence-electron chi connectivity index (χ4n) is 4.30. The number of piperidine rings is 1. The number of thiophene rings is 1. The van der Waals surface area contributed by atoms with Crippen molar-refractivity contribution in [3.63, 3.8) is 0 Å². The third-order valence-corrected chi connectivity index (χ3v) is 6.73. The second kappa shape index (κ2) is 8.01. The van der Waals surface area contributed by atoms with Gasteiger partial charge < -0.3 is 10.6 Å². The SMILES string of the molecule is O=C1N[C@@](Cc2ccc(F)cc2)(C2CCNCC2)C(=O)N1CCc1cccs1. The number of nitrogens with one attached hydrogen (secondary N) is 2. The van der Waals surface area contributed by atoms with Gasteiger partial charge in [0.15, 0.2) is 0 Å². The molecule has 1 aromatic carbocycles. The molecule has 4 rings (SSSR count). The van der Waals surface area contributed by atoms with Crippen LogP contribution in [0.1, 0.15) is 23.3 Å². The maximum atomic E-state index is 13.5. The van der Waals surface area contributed by atoms with Gasteiger partial charge in [-0.2, -0.15) is 0 Å². The highest BCUT2D eigenvalue weighted by molar-refractivity contribution is 7.09. The van der Waals surface area contributed by atoms with Crippen LogP contribution in [0.5, 0.6) is 0 Å². The van der Waals surface area contributed by atoms with Gasteiger partial charge in [0.2, 0.25) is 0 Å². The standard InChI is InChI=1S/C21H24FN3O2S/c22-17-5-3-15(4-6-17)14-21(16-7-10-23-11-8-16)19(26)25(20(27)24-21)12-9-18-2-1-13-28-18/h1-6,13,16,23H,7-12,14H2,(H,24,27)/t21-/m0/s1. The van der Waals surface area contributed by atoms with Gasteiger partial charge in [-0.25, -0.2) is 9.18 Å². The zero-order valence-corrected chi connectivity index (χ0v) is 16.4. The molecule has 2 aromatic rings. The summed E-state index contributed by atoms with van der Waals surface area (Å²) in [5, 5.41) is 8.37. The number of urea groups is 1. The summed E-state index contributed by atoms with van der Waals surface area (Å²) >= 11 is 1.63. The zero-order valence-electron chi connectivity index (χ0n) is 15.6. The predicted octanol–water partition coefficient (Wildman–Crippen LogP) is 2.96. The Hall–Kier alpha value is -2.25. The van der Waals surface area contributed by atoms with Gasteiger partial charge in [0.25, 0.3) is 5.91 Å². The number of benzene rings is 1. The minimum Gasteiger partial charge on any atom is -0.322 e. The highest BCUT2D eigenvalue weighted by atomic mass is 32.1. The quantitative estimate of drug-likeness (QED) is 0.732. The molecular formula is C21H24FN3O2S. The summed E-state index contributed by atoms with van der Waals surface area (Å²) in [6.45, 7) is 2.03. The van der Waals surface area contributed by atoms with Crippen LogP contribution in [0, 0.1) is 11.7 Å². The van der Waals surface area contributed by atoms with E-state index in [0.29, 0.717) is 19.4 Å². The monoisotopic (exact) mass is 401 g/mol. The van der Waals surface area contributed by atoms with Crippen LogP contribution in [-0.2, 0) is 17.6 Å². The van der Waals surface area contributed by atoms with Gasteiger partial charge in [0, 0.05) is 17.8 Å². The molecule has 0 saturated carbocycles. The molecule has 5 nitrogen and oxygen atoms in total. The highest BCUT2D eigenvalue weighted by Crippen LogP contribution is 2.35. The van der Waals surface area contributed by atoms with E-state index in [-0.39, 0.29) is 23.7 Å². The molecule has 2 N–H and O–H groups in total. The summed E-state index contributed by atoms with van der Waals surface area (Å²) in [5.74, 6) is -0.397. The predicted molar refractivity (Wildman–Crippen MR) is 107 cm³/mol. The minimum atomic E-state index is -0.952. The maximum absolute atomic E-state index is 13.5. The Morgan fingerprint density at radius 2 is 1.89 bits per heavy atom. The van der Waals surface area contributed by atoms with Crippen molar-refractivity contribution in [2.45, 2.75) is 31.2 Å². The first kappa shape index (κ1) is 19.1. The maximum Gasteiger partial charge on any atom is 0.325 e. The number of hydrogen-bond donors (Lipinski definition) is 2. The van der Waals surface area contributed by atoms with Gasteiger partial charge in [-0.3, -0.25) is 9.69 Å². The van der Waals surface area contributed by atoms with E-state index in [9.17, 15) is 14.0 Å². The number of rotatable bonds is 6. The lowest BCUT2D eigenvalue weighted by Crippen LogP contribution is -2.57. The molecule has 0 aliphatic carbocycles. The summed E-state index contributed by atoms with van der Waals surface area (Å²) in [6, 6.07) is 9.88. The number of carbonyl (C=O) groups excluding carboxylic acids is 2. The first-order chi connectivity index (χ1) is 13.6. The van der Waals surface area contributed by atoms with Crippen molar-refractivity contribution in [2.24, 2.45) is 5.92 Å². The van der Waals surface area contributed by atoms with Crippen molar-refractivity contribution in [1.82, 2.24) is 15.5 Å². The number of halogens is 1. The van der Waals surface area contributed by atoms with Gasteiger partial charge in [0.1, 0.15) is 11.4 Å². The molecule has 0 radical (unpaired) electrons. The van der Waals surface area contributed by atoms with Crippen LogP contribution in [-0.4, -0.2) is 42.0 Å². The number of amides is 3. The molecule has 3 amide bonds. The second-order valence-corrected chi connectivity index (χ2v) is 8.55. The van der Waals surface area contributed by atoms with Gasteiger partial charge in [-0.1, -0.05) is 18.2 Å². The Morgan fingerprint density at radius 1 is 1.14 bits per heavy atom. The Morgan fingerprint density at radius 3 is 2.57 bits per heavy atom. The van der Waals surface area contributed by atoms with E-state index < -0.39 is 5.54 Å².